The highest BCUT2D eigenvalue weighted by molar-refractivity contribution is 5.83. The summed E-state index contributed by atoms with van der Waals surface area (Å²) in [5.41, 5.74) is 4.12. The van der Waals surface area contributed by atoms with E-state index in [1.807, 2.05) is 0 Å². The van der Waals surface area contributed by atoms with E-state index in [0.717, 1.165) is 23.1 Å². The topological polar surface area (TPSA) is 79.4 Å². The summed E-state index contributed by atoms with van der Waals surface area (Å²) in [7, 11) is 0. The van der Waals surface area contributed by atoms with Crippen molar-refractivity contribution in [3.63, 3.8) is 0 Å². The van der Waals surface area contributed by atoms with Crippen molar-refractivity contribution in [2.24, 2.45) is 0 Å². The Hall–Kier alpha value is -3.09. The van der Waals surface area contributed by atoms with Gasteiger partial charge in [-0.2, -0.15) is 0 Å². The lowest BCUT2D eigenvalue weighted by Crippen LogP contribution is -2.13. The maximum atomic E-state index is 13.6. The zero-order chi connectivity index (χ0) is 19.0. The molecule has 0 amide bonds. The smallest absolute Gasteiger partial charge is 0.162 e. The fourth-order valence-electron chi connectivity index (χ4n) is 3.26. The minimum Gasteiger partial charge on any atom is -0.362 e. The highest BCUT2D eigenvalue weighted by Crippen LogP contribution is 2.31. The van der Waals surface area contributed by atoms with E-state index in [2.05, 4.69) is 52.1 Å². The molecule has 0 spiro atoms. The number of aromatic amines is 1. The summed E-state index contributed by atoms with van der Waals surface area (Å²) in [6.45, 7) is 6.33. The van der Waals surface area contributed by atoms with E-state index in [-0.39, 0.29) is 17.8 Å². The first-order valence-corrected chi connectivity index (χ1v) is 9.07. The van der Waals surface area contributed by atoms with Gasteiger partial charge in [0.1, 0.15) is 17.7 Å². The summed E-state index contributed by atoms with van der Waals surface area (Å²) in [5.74, 6) is 0.654. The van der Waals surface area contributed by atoms with Crippen molar-refractivity contribution in [1.29, 1.82) is 0 Å². The van der Waals surface area contributed by atoms with E-state index in [1.165, 1.54) is 18.5 Å². The van der Waals surface area contributed by atoms with Crippen LogP contribution in [0, 0.1) is 5.82 Å². The molecule has 2 N–H and O–H groups in total. The molecular formula is C20H21FN6. The number of rotatable bonds is 5. The Morgan fingerprint density at radius 1 is 1.15 bits per heavy atom. The molecule has 0 aliphatic rings. The van der Waals surface area contributed by atoms with Crippen LogP contribution in [0.1, 0.15) is 50.4 Å². The Morgan fingerprint density at radius 2 is 2.00 bits per heavy atom. The minimum atomic E-state index is -0.272. The maximum Gasteiger partial charge on any atom is 0.162 e. The second-order valence-corrected chi connectivity index (χ2v) is 6.80. The molecule has 0 radical (unpaired) electrons. The van der Waals surface area contributed by atoms with Crippen LogP contribution in [0.4, 0.5) is 10.2 Å². The number of hydrogen-bond acceptors (Lipinski definition) is 5. The molecular weight excluding hydrogens is 343 g/mol. The molecule has 0 bridgehead atoms. The predicted octanol–water partition coefficient (Wildman–Crippen LogP) is 4.73. The van der Waals surface area contributed by atoms with Crippen molar-refractivity contribution < 1.29 is 4.39 Å². The van der Waals surface area contributed by atoms with Crippen LogP contribution >= 0.6 is 0 Å². The van der Waals surface area contributed by atoms with Crippen molar-refractivity contribution >= 4 is 27.9 Å². The van der Waals surface area contributed by atoms with E-state index < -0.39 is 0 Å². The number of hydrogen-bond donors (Lipinski definition) is 2. The van der Waals surface area contributed by atoms with Crippen LogP contribution in [0.5, 0.6) is 0 Å². The number of imidazole rings is 1. The minimum absolute atomic E-state index is 0.0502. The van der Waals surface area contributed by atoms with Crippen LogP contribution in [0.25, 0.3) is 22.1 Å². The van der Waals surface area contributed by atoms with Gasteiger partial charge < -0.3 is 10.3 Å². The predicted molar refractivity (Wildman–Crippen MR) is 104 cm³/mol. The first-order chi connectivity index (χ1) is 13.1. The van der Waals surface area contributed by atoms with Crippen molar-refractivity contribution in [3.05, 3.63) is 54.0 Å². The van der Waals surface area contributed by atoms with Crippen molar-refractivity contribution in [2.75, 3.05) is 5.32 Å². The highest BCUT2D eigenvalue weighted by Gasteiger charge is 2.19. The quantitative estimate of drug-likeness (QED) is 0.535. The maximum absolute atomic E-state index is 13.6. The Labute approximate surface area is 156 Å². The summed E-state index contributed by atoms with van der Waals surface area (Å²) >= 11 is 0. The highest BCUT2D eigenvalue weighted by atomic mass is 19.1. The average Bonchev–Trinajstić information content (AvgIpc) is 3.16. The SMILES string of the molecule is CC[C@H](C)c1nc2cc(F)ccc2cc1[C@H](C)Nc1ncnc2[nH]cnc12. The van der Waals surface area contributed by atoms with Crippen LogP contribution in [-0.4, -0.2) is 24.9 Å². The number of nitrogens with zero attached hydrogens (tertiary/aromatic N) is 4. The van der Waals surface area contributed by atoms with Crippen LogP contribution in [0.2, 0.25) is 0 Å². The molecule has 4 rings (SSSR count). The van der Waals surface area contributed by atoms with Gasteiger partial charge in [-0.1, -0.05) is 13.8 Å². The lowest BCUT2D eigenvalue weighted by Gasteiger charge is -2.21. The zero-order valence-corrected chi connectivity index (χ0v) is 15.5. The van der Waals surface area contributed by atoms with Gasteiger partial charge >= 0.3 is 0 Å². The van der Waals surface area contributed by atoms with E-state index >= 15 is 0 Å². The Morgan fingerprint density at radius 3 is 2.81 bits per heavy atom. The van der Waals surface area contributed by atoms with Gasteiger partial charge in [0.15, 0.2) is 11.5 Å². The largest absolute Gasteiger partial charge is 0.362 e. The van der Waals surface area contributed by atoms with Crippen LogP contribution in [0.3, 0.4) is 0 Å². The molecule has 3 heterocycles. The number of fused-ring (bicyclic) bond motifs is 2. The molecule has 7 heteroatoms. The Balaban J connectivity index is 1.78. The molecule has 1 aromatic carbocycles. The number of H-pyrrole nitrogens is 1. The lowest BCUT2D eigenvalue weighted by molar-refractivity contribution is 0.629. The number of benzene rings is 1. The van der Waals surface area contributed by atoms with E-state index in [0.29, 0.717) is 22.5 Å². The van der Waals surface area contributed by atoms with Crippen molar-refractivity contribution in [3.8, 4) is 0 Å². The number of anilines is 1. The summed E-state index contributed by atoms with van der Waals surface area (Å²) in [6.07, 6.45) is 4.06. The number of pyridine rings is 1. The van der Waals surface area contributed by atoms with Crippen molar-refractivity contribution in [1.82, 2.24) is 24.9 Å². The fourth-order valence-corrected chi connectivity index (χ4v) is 3.26. The van der Waals surface area contributed by atoms with Crippen LogP contribution < -0.4 is 5.32 Å². The number of aromatic nitrogens is 5. The second-order valence-electron chi connectivity index (χ2n) is 6.80. The van der Waals surface area contributed by atoms with Gasteiger partial charge in [-0.15, -0.1) is 0 Å². The molecule has 27 heavy (non-hydrogen) atoms. The van der Waals surface area contributed by atoms with Gasteiger partial charge in [-0.25, -0.2) is 19.3 Å². The van der Waals surface area contributed by atoms with E-state index in [4.69, 9.17) is 4.98 Å². The molecule has 0 aliphatic carbocycles. The first kappa shape index (κ1) is 17.3. The molecule has 0 aliphatic heterocycles. The molecule has 0 saturated carbocycles. The van der Waals surface area contributed by atoms with Gasteiger partial charge in [0.2, 0.25) is 0 Å². The van der Waals surface area contributed by atoms with E-state index in [9.17, 15) is 4.39 Å². The summed E-state index contributed by atoms with van der Waals surface area (Å²) in [6, 6.07) is 6.76. The molecule has 0 unspecified atom stereocenters. The molecule has 0 fully saturated rings. The molecule has 2 atom stereocenters. The third-order valence-electron chi connectivity index (χ3n) is 4.96. The standard InChI is InChI=1S/C20H21FN6/c1-4-11(2)17-15(7-13-5-6-14(21)8-16(13)27-17)12(3)26-20-18-19(23-9-22-18)24-10-25-20/h5-12H,4H2,1-3H3,(H2,22,23,24,25,26)/t11-,12-/m0/s1. The monoisotopic (exact) mass is 364 g/mol. The normalized spacial score (nSPS) is 13.8. The fraction of sp³-hybridized carbons (Fsp3) is 0.300. The van der Waals surface area contributed by atoms with Gasteiger partial charge in [0.25, 0.3) is 0 Å². The summed E-state index contributed by atoms with van der Waals surface area (Å²) in [4.78, 5) is 20.6. The summed E-state index contributed by atoms with van der Waals surface area (Å²) in [5, 5.41) is 4.35. The Bertz CT molecular complexity index is 1110. The first-order valence-electron chi connectivity index (χ1n) is 9.07. The number of halogens is 1. The van der Waals surface area contributed by atoms with Crippen molar-refractivity contribution in [2.45, 2.75) is 39.2 Å². The third kappa shape index (κ3) is 3.20. The van der Waals surface area contributed by atoms with Crippen LogP contribution in [-0.2, 0) is 0 Å². The zero-order valence-electron chi connectivity index (χ0n) is 15.5. The molecule has 4 aromatic rings. The average molecular weight is 364 g/mol. The van der Waals surface area contributed by atoms with Crippen LogP contribution in [0.15, 0.2) is 36.9 Å². The van der Waals surface area contributed by atoms with Gasteiger partial charge in [0.05, 0.1) is 17.9 Å². The van der Waals surface area contributed by atoms with Gasteiger partial charge in [-0.05, 0) is 43.0 Å². The Kier molecular flexibility index (Phi) is 4.43. The summed E-state index contributed by atoms with van der Waals surface area (Å²) < 4.78 is 13.6. The van der Waals surface area contributed by atoms with E-state index in [1.54, 1.807) is 12.4 Å². The third-order valence-corrected chi connectivity index (χ3v) is 4.96. The number of nitrogens with one attached hydrogen (secondary N) is 2. The molecule has 6 nitrogen and oxygen atoms in total. The van der Waals surface area contributed by atoms with Gasteiger partial charge in [-0.3, -0.25) is 4.98 Å². The lowest BCUT2D eigenvalue weighted by atomic mass is 9.94. The molecule has 3 aromatic heterocycles. The molecule has 0 saturated heterocycles. The van der Waals surface area contributed by atoms with Gasteiger partial charge in [0, 0.05) is 17.1 Å². The second kappa shape index (κ2) is 6.90. The molecule has 138 valence electrons.